The first-order chi connectivity index (χ1) is 5.22. The fourth-order valence-corrected chi connectivity index (χ4v) is 0.956. The van der Waals surface area contributed by atoms with Gasteiger partial charge < -0.3 is 4.84 Å². The van der Waals surface area contributed by atoms with Crippen molar-refractivity contribution in [3.05, 3.63) is 12.4 Å². The monoisotopic (exact) mass is 220 g/mol. The molecule has 5 heteroatoms. The van der Waals surface area contributed by atoms with E-state index in [9.17, 15) is 4.79 Å². The van der Waals surface area contributed by atoms with Gasteiger partial charge in [-0.15, -0.1) is 0 Å². The third kappa shape index (κ3) is 2.42. The summed E-state index contributed by atoms with van der Waals surface area (Å²) in [6.07, 6.45) is 3.85. The Hall–Kier alpha value is -0.710. The third-order valence-electron chi connectivity index (χ3n) is 1.18. The SMILES string of the molecule is CCC(=O)ON1C=CN(Br)C1. The predicted octanol–water partition coefficient (Wildman–Crippen LogP) is 1.21. The minimum Gasteiger partial charge on any atom is -0.340 e. The molecule has 0 saturated heterocycles. The van der Waals surface area contributed by atoms with Crippen molar-refractivity contribution in [2.24, 2.45) is 0 Å². The van der Waals surface area contributed by atoms with Crippen molar-refractivity contribution in [2.75, 3.05) is 6.67 Å². The number of rotatable bonds is 2. The molecule has 0 N–H and O–H groups in total. The van der Waals surface area contributed by atoms with Crippen LogP contribution in [0.1, 0.15) is 13.3 Å². The number of hydrogen-bond donors (Lipinski definition) is 0. The third-order valence-corrected chi connectivity index (χ3v) is 1.64. The van der Waals surface area contributed by atoms with Crippen molar-refractivity contribution in [1.29, 1.82) is 0 Å². The number of carbonyl (C=O) groups excluding carboxylic acids is 1. The molecular weight excluding hydrogens is 212 g/mol. The van der Waals surface area contributed by atoms with Crippen LogP contribution in [-0.4, -0.2) is 21.6 Å². The fourth-order valence-electron chi connectivity index (χ4n) is 0.629. The zero-order chi connectivity index (χ0) is 8.27. The summed E-state index contributed by atoms with van der Waals surface area (Å²) in [6.45, 7) is 2.29. The van der Waals surface area contributed by atoms with Gasteiger partial charge in [0.15, 0.2) is 0 Å². The normalized spacial score (nSPS) is 15.8. The van der Waals surface area contributed by atoms with Gasteiger partial charge in [-0.25, -0.2) is 4.79 Å². The minimum atomic E-state index is -0.225. The van der Waals surface area contributed by atoms with Crippen LogP contribution in [0.2, 0.25) is 0 Å². The number of hydroxylamine groups is 2. The van der Waals surface area contributed by atoms with Crippen LogP contribution in [0.5, 0.6) is 0 Å². The fraction of sp³-hybridized carbons (Fsp3) is 0.500. The van der Waals surface area contributed by atoms with Crippen molar-refractivity contribution in [2.45, 2.75) is 13.3 Å². The van der Waals surface area contributed by atoms with E-state index in [1.54, 1.807) is 23.2 Å². The second-order valence-electron chi connectivity index (χ2n) is 2.07. The van der Waals surface area contributed by atoms with Gasteiger partial charge >= 0.3 is 5.97 Å². The van der Waals surface area contributed by atoms with Crippen LogP contribution in [0.3, 0.4) is 0 Å². The molecule has 0 atom stereocenters. The molecule has 1 heterocycles. The van der Waals surface area contributed by atoms with Crippen molar-refractivity contribution in [3.63, 3.8) is 0 Å². The molecule has 0 aliphatic carbocycles. The highest BCUT2D eigenvalue weighted by Crippen LogP contribution is 2.10. The molecule has 0 unspecified atom stereocenters. The van der Waals surface area contributed by atoms with Gasteiger partial charge in [0, 0.05) is 12.6 Å². The topological polar surface area (TPSA) is 32.8 Å². The summed E-state index contributed by atoms with van der Waals surface area (Å²) < 4.78 is 1.73. The molecule has 11 heavy (non-hydrogen) atoms. The Balaban J connectivity index is 2.29. The Kier molecular flexibility index (Phi) is 2.76. The summed E-state index contributed by atoms with van der Waals surface area (Å²) in [5.74, 6) is -0.225. The van der Waals surface area contributed by atoms with E-state index >= 15 is 0 Å². The second kappa shape index (κ2) is 3.61. The maximum atomic E-state index is 10.7. The first kappa shape index (κ1) is 8.39. The van der Waals surface area contributed by atoms with Gasteiger partial charge in [-0.3, -0.25) is 3.93 Å². The molecular formula is C6H9BrN2O2. The van der Waals surface area contributed by atoms with E-state index in [0.717, 1.165) is 0 Å². The molecule has 0 radical (unpaired) electrons. The Labute approximate surface area is 73.7 Å². The summed E-state index contributed by atoms with van der Waals surface area (Å²) in [4.78, 5) is 15.6. The molecule has 0 spiro atoms. The van der Waals surface area contributed by atoms with E-state index in [1.807, 2.05) is 0 Å². The Morgan fingerprint density at radius 1 is 1.73 bits per heavy atom. The molecule has 1 aliphatic heterocycles. The zero-order valence-corrected chi connectivity index (χ0v) is 7.74. The molecule has 0 fully saturated rings. The van der Waals surface area contributed by atoms with Crippen LogP contribution < -0.4 is 0 Å². The van der Waals surface area contributed by atoms with Crippen LogP contribution in [0.4, 0.5) is 0 Å². The van der Waals surface area contributed by atoms with Crippen LogP contribution >= 0.6 is 16.1 Å². The molecule has 1 aliphatic rings. The maximum Gasteiger partial charge on any atom is 0.332 e. The molecule has 0 amide bonds. The molecule has 4 nitrogen and oxygen atoms in total. The number of nitrogens with zero attached hydrogens (tertiary/aromatic N) is 2. The van der Waals surface area contributed by atoms with Gasteiger partial charge in [-0.05, 0) is 0 Å². The Morgan fingerprint density at radius 3 is 2.91 bits per heavy atom. The molecule has 0 aromatic rings. The quantitative estimate of drug-likeness (QED) is 0.656. The standard InChI is InChI=1S/C6H9BrN2O2/c1-2-6(10)11-9-4-3-8(7)5-9/h3-4H,2,5H2,1H3. The van der Waals surface area contributed by atoms with Crippen LogP contribution in [-0.2, 0) is 9.63 Å². The smallest absolute Gasteiger partial charge is 0.332 e. The Morgan fingerprint density at radius 2 is 2.45 bits per heavy atom. The van der Waals surface area contributed by atoms with Gasteiger partial charge in [0.1, 0.15) is 6.67 Å². The zero-order valence-electron chi connectivity index (χ0n) is 6.16. The van der Waals surface area contributed by atoms with Crippen LogP contribution in [0.25, 0.3) is 0 Å². The van der Waals surface area contributed by atoms with Gasteiger partial charge in [-0.2, -0.15) is 5.06 Å². The van der Waals surface area contributed by atoms with E-state index in [4.69, 9.17) is 4.84 Å². The van der Waals surface area contributed by atoms with Gasteiger partial charge in [-0.1, -0.05) is 6.92 Å². The van der Waals surface area contributed by atoms with E-state index in [2.05, 4.69) is 16.1 Å². The lowest BCUT2D eigenvalue weighted by molar-refractivity contribution is -0.178. The molecule has 0 aromatic carbocycles. The average molecular weight is 221 g/mol. The summed E-state index contributed by atoms with van der Waals surface area (Å²) in [5, 5.41) is 1.46. The first-order valence-electron chi connectivity index (χ1n) is 3.30. The predicted molar refractivity (Wildman–Crippen MR) is 43.0 cm³/mol. The highest BCUT2D eigenvalue weighted by atomic mass is 79.9. The highest BCUT2D eigenvalue weighted by Gasteiger charge is 2.12. The van der Waals surface area contributed by atoms with Crippen molar-refractivity contribution >= 4 is 22.1 Å². The summed E-state index contributed by atoms with van der Waals surface area (Å²) in [5.41, 5.74) is 0. The van der Waals surface area contributed by atoms with Gasteiger partial charge in [0.2, 0.25) is 0 Å². The minimum absolute atomic E-state index is 0.225. The lowest BCUT2D eigenvalue weighted by Crippen LogP contribution is -2.23. The number of hydrogen-bond acceptors (Lipinski definition) is 4. The molecule has 0 saturated carbocycles. The lowest BCUT2D eigenvalue weighted by atomic mass is 10.5. The maximum absolute atomic E-state index is 10.7. The van der Waals surface area contributed by atoms with Crippen molar-refractivity contribution in [3.8, 4) is 0 Å². The largest absolute Gasteiger partial charge is 0.340 e. The Bertz CT molecular complexity index is 183. The van der Waals surface area contributed by atoms with Crippen molar-refractivity contribution in [1.82, 2.24) is 8.99 Å². The first-order valence-corrected chi connectivity index (χ1v) is 4.01. The van der Waals surface area contributed by atoms with E-state index in [-0.39, 0.29) is 5.97 Å². The summed E-state index contributed by atoms with van der Waals surface area (Å²) >= 11 is 3.20. The van der Waals surface area contributed by atoms with E-state index < -0.39 is 0 Å². The number of halogens is 1. The summed E-state index contributed by atoms with van der Waals surface area (Å²) in [6, 6.07) is 0. The average Bonchev–Trinajstić information content (AvgIpc) is 2.35. The van der Waals surface area contributed by atoms with Gasteiger partial charge in [0.05, 0.1) is 22.3 Å². The molecule has 0 aromatic heterocycles. The molecule has 62 valence electrons. The highest BCUT2D eigenvalue weighted by molar-refractivity contribution is 9.07. The lowest BCUT2D eigenvalue weighted by Gasteiger charge is -2.14. The van der Waals surface area contributed by atoms with E-state index in [0.29, 0.717) is 13.1 Å². The van der Waals surface area contributed by atoms with Gasteiger partial charge in [0.25, 0.3) is 0 Å². The van der Waals surface area contributed by atoms with Crippen LogP contribution in [0, 0.1) is 0 Å². The van der Waals surface area contributed by atoms with Crippen LogP contribution in [0.15, 0.2) is 12.4 Å². The summed E-state index contributed by atoms with van der Waals surface area (Å²) in [7, 11) is 0. The second-order valence-corrected chi connectivity index (χ2v) is 2.98. The molecule has 0 bridgehead atoms. The van der Waals surface area contributed by atoms with Crippen molar-refractivity contribution < 1.29 is 9.63 Å². The number of carbonyl (C=O) groups is 1. The van der Waals surface area contributed by atoms with E-state index in [1.165, 1.54) is 5.06 Å². The molecule has 1 rings (SSSR count).